The summed E-state index contributed by atoms with van der Waals surface area (Å²) in [6.45, 7) is 0.231. The molecule has 0 aliphatic heterocycles. The van der Waals surface area contributed by atoms with Crippen molar-refractivity contribution < 1.29 is 17.2 Å². The molecule has 8 heteroatoms. The van der Waals surface area contributed by atoms with Gasteiger partial charge in [0.2, 0.25) is 26.6 Å². The van der Waals surface area contributed by atoms with Crippen LogP contribution in [0.5, 0.6) is 0 Å². The largest absolute Gasteiger partial charge is 0.419 e. The second-order valence-electron chi connectivity index (χ2n) is 6.42. The molecule has 0 amide bonds. The normalized spacial score (nSPS) is 11.4. The maximum absolute atomic E-state index is 13.3. The van der Waals surface area contributed by atoms with E-state index in [9.17, 15) is 12.8 Å². The standard InChI is InChI=1S/C22H16ClFN2O3S/c23-19-9-5-4-6-16(19)14-25-21-22(30(27,28)18-7-2-1-3-8-18)26-20(29-21)15-10-12-17(24)13-11-15/h1-13,25H,14H2. The van der Waals surface area contributed by atoms with Gasteiger partial charge in [0.15, 0.2) is 0 Å². The maximum atomic E-state index is 13.3. The minimum absolute atomic E-state index is 0.0157. The van der Waals surface area contributed by atoms with Gasteiger partial charge in [0.1, 0.15) is 5.82 Å². The van der Waals surface area contributed by atoms with E-state index in [-0.39, 0.29) is 28.2 Å². The average Bonchev–Trinajstić information content (AvgIpc) is 3.19. The second kappa shape index (κ2) is 8.30. The van der Waals surface area contributed by atoms with Crippen LogP contribution in [0.15, 0.2) is 93.2 Å². The molecule has 0 atom stereocenters. The van der Waals surface area contributed by atoms with Crippen molar-refractivity contribution in [1.29, 1.82) is 0 Å². The first kappa shape index (κ1) is 20.1. The van der Waals surface area contributed by atoms with Crippen LogP contribution in [0.4, 0.5) is 10.3 Å². The van der Waals surface area contributed by atoms with Crippen molar-refractivity contribution >= 4 is 27.3 Å². The fraction of sp³-hybridized carbons (Fsp3) is 0.0455. The zero-order chi connectivity index (χ0) is 21.1. The summed E-state index contributed by atoms with van der Waals surface area (Å²) in [5.74, 6) is -0.372. The smallest absolute Gasteiger partial charge is 0.234 e. The molecule has 0 spiro atoms. The quantitative estimate of drug-likeness (QED) is 0.422. The van der Waals surface area contributed by atoms with Gasteiger partial charge in [0.25, 0.3) is 0 Å². The summed E-state index contributed by atoms with van der Waals surface area (Å²) in [5, 5.41) is 3.27. The molecule has 1 heterocycles. The summed E-state index contributed by atoms with van der Waals surface area (Å²) in [6.07, 6.45) is 0. The summed E-state index contributed by atoms with van der Waals surface area (Å²) in [7, 11) is -3.95. The highest BCUT2D eigenvalue weighted by molar-refractivity contribution is 7.91. The fourth-order valence-electron chi connectivity index (χ4n) is 2.84. The van der Waals surface area contributed by atoms with Gasteiger partial charge >= 0.3 is 0 Å². The third-order valence-electron chi connectivity index (χ3n) is 4.39. The zero-order valence-electron chi connectivity index (χ0n) is 15.5. The highest BCUT2D eigenvalue weighted by Gasteiger charge is 2.28. The van der Waals surface area contributed by atoms with Crippen molar-refractivity contribution in [2.24, 2.45) is 0 Å². The first-order valence-corrected chi connectivity index (χ1v) is 10.9. The van der Waals surface area contributed by atoms with Gasteiger partial charge < -0.3 is 9.73 Å². The van der Waals surface area contributed by atoms with Crippen LogP contribution in [0.1, 0.15) is 5.56 Å². The molecule has 4 aromatic rings. The van der Waals surface area contributed by atoms with Crippen molar-refractivity contribution in [2.45, 2.75) is 16.5 Å². The van der Waals surface area contributed by atoms with Crippen molar-refractivity contribution in [2.75, 3.05) is 5.32 Å². The van der Waals surface area contributed by atoms with Crippen molar-refractivity contribution in [1.82, 2.24) is 4.98 Å². The molecule has 5 nitrogen and oxygen atoms in total. The number of sulfone groups is 1. The van der Waals surface area contributed by atoms with E-state index in [0.717, 1.165) is 5.56 Å². The van der Waals surface area contributed by atoms with E-state index in [1.54, 1.807) is 30.3 Å². The number of aromatic nitrogens is 1. The number of rotatable bonds is 6. The Balaban J connectivity index is 1.77. The van der Waals surface area contributed by atoms with E-state index in [2.05, 4.69) is 10.3 Å². The highest BCUT2D eigenvalue weighted by atomic mass is 35.5. The fourth-order valence-corrected chi connectivity index (χ4v) is 4.35. The van der Waals surface area contributed by atoms with Crippen molar-refractivity contribution in [3.63, 3.8) is 0 Å². The Morgan fingerprint density at radius 3 is 2.30 bits per heavy atom. The molecule has 4 rings (SSSR count). The Bertz CT molecular complexity index is 1270. The van der Waals surface area contributed by atoms with E-state index < -0.39 is 15.7 Å². The lowest BCUT2D eigenvalue weighted by molar-refractivity contribution is 0.576. The lowest BCUT2D eigenvalue weighted by Crippen LogP contribution is -2.07. The van der Waals surface area contributed by atoms with E-state index in [1.165, 1.54) is 36.4 Å². The monoisotopic (exact) mass is 442 g/mol. The average molecular weight is 443 g/mol. The van der Waals surface area contributed by atoms with Gasteiger partial charge in [-0.3, -0.25) is 0 Å². The Hall–Kier alpha value is -3.16. The molecule has 152 valence electrons. The summed E-state index contributed by atoms with van der Waals surface area (Å²) >= 11 is 6.19. The molecule has 30 heavy (non-hydrogen) atoms. The number of nitrogens with zero attached hydrogens (tertiary/aromatic N) is 1. The molecule has 0 unspecified atom stereocenters. The molecule has 0 aliphatic carbocycles. The third-order valence-corrected chi connectivity index (χ3v) is 6.44. The molecule has 0 radical (unpaired) electrons. The Labute approximate surface area is 178 Å². The van der Waals surface area contributed by atoms with Crippen LogP contribution in [-0.4, -0.2) is 13.4 Å². The maximum Gasteiger partial charge on any atom is 0.234 e. The SMILES string of the molecule is O=S(=O)(c1ccccc1)c1nc(-c2ccc(F)cc2)oc1NCc1ccccc1Cl. The molecular formula is C22H16ClFN2O3S. The first-order chi connectivity index (χ1) is 14.4. The predicted octanol–water partition coefficient (Wildman–Crippen LogP) is 5.58. The first-order valence-electron chi connectivity index (χ1n) is 8.99. The molecule has 0 saturated carbocycles. The predicted molar refractivity (Wildman–Crippen MR) is 113 cm³/mol. The summed E-state index contributed by atoms with van der Waals surface area (Å²) in [5.41, 5.74) is 1.22. The van der Waals surface area contributed by atoms with E-state index in [1.807, 2.05) is 12.1 Å². The Morgan fingerprint density at radius 1 is 0.933 bits per heavy atom. The lowest BCUT2D eigenvalue weighted by Gasteiger charge is -2.07. The van der Waals surface area contributed by atoms with Gasteiger partial charge in [-0.15, -0.1) is 0 Å². The number of hydrogen-bond donors (Lipinski definition) is 1. The van der Waals surface area contributed by atoms with Gasteiger partial charge in [-0.2, -0.15) is 4.98 Å². The van der Waals surface area contributed by atoms with Gasteiger partial charge in [0.05, 0.1) is 4.90 Å². The van der Waals surface area contributed by atoms with Gasteiger partial charge in [-0.25, -0.2) is 12.8 Å². The summed E-state index contributed by atoms with van der Waals surface area (Å²) < 4.78 is 45.4. The van der Waals surface area contributed by atoms with E-state index >= 15 is 0 Å². The minimum Gasteiger partial charge on any atom is -0.419 e. The van der Waals surface area contributed by atoms with E-state index in [0.29, 0.717) is 10.6 Å². The third kappa shape index (κ3) is 4.08. The van der Waals surface area contributed by atoms with Crippen molar-refractivity contribution in [3.8, 4) is 11.5 Å². The van der Waals surface area contributed by atoms with Crippen LogP contribution >= 0.6 is 11.6 Å². The zero-order valence-corrected chi connectivity index (χ0v) is 17.1. The molecule has 0 bridgehead atoms. The van der Waals surface area contributed by atoms with Crippen LogP contribution in [-0.2, 0) is 16.4 Å². The number of anilines is 1. The van der Waals surface area contributed by atoms with Crippen LogP contribution in [0, 0.1) is 5.82 Å². The van der Waals surface area contributed by atoms with Gasteiger partial charge in [-0.05, 0) is 48.0 Å². The molecule has 1 aromatic heterocycles. The molecule has 0 fully saturated rings. The second-order valence-corrected chi connectivity index (χ2v) is 8.69. The molecule has 3 aromatic carbocycles. The van der Waals surface area contributed by atoms with Crippen LogP contribution in [0.2, 0.25) is 5.02 Å². The lowest BCUT2D eigenvalue weighted by atomic mass is 10.2. The van der Waals surface area contributed by atoms with Gasteiger partial charge in [-0.1, -0.05) is 48.0 Å². The Morgan fingerprint density at radius 2 is 1.60 bits per heavy atom. The summed E-state index contributed by atoms with van der Waals surface area (Å²) in [4.78, 5) is 4.31. The number of hydrogen-bond acceptors (Lipinski definition) is 5. The number of nitrogens with one attached hydrogen (secondary N) is 1. The minimum atomic E-state index is -3.95. The van der Waals surface area contributed by atoms with Crippen LogP contribution in [0.25, 0.3) is 11.5 Å². The molecule has 0 aliphatic rings. The number of oxazole rings is 1. The van der Waals surface area contributed by atoms with Gasteiger partial charge in [0, 0.05) is 17.1 Å². The molecule has 0 saturated heterocycles. The topological polar surface area (TPSA) is 72.2 Å². The summed E-state index contributed by atoms with van der Waals surface area (Å²) in [6, 6.07) is 20.6. The highest BCUT2D eigenvalue weighted by Crippen LogP contribution is 2.33. The van der Waals surface area contributed by atoms with Crippen LogP contribution < -0.4 is 5.32 Å². The molecule has 1 N–H and O–H groups in total. The Kier molecular flexibility index (Phi) is 5.57. The van der Waals surface area contributed by atoms with Crippen LogP contribution in [0.3, 0.4) is 0 Å². The number of benzene rings is 3. The number of halogens is 2. The molecular weight excluding hydrogens is 427 g/mol. The van der Waals surface area contributed by atoms with E-state index in [4.69, 9.17) is 16.0 Å². The van der Waals surface area contributed by atoms with Crippen molar-refractivity contribution in [3.05, 3.63) is 95.3 Å².